The van der Waals surface area contributed by atoms with E-state index in [9.17, 15) is 9.90 Å². The molecule has 0 aliphatic carbocycles. The second kappa shape index (κ2) is 7.01. The number of amides is 1. The van der Waals surface area contributed by atoms with Gasteiger partial charge in [-0.25, -0.2) is 0 Å². The van der Waals surface area contributed by atoms with Gasteiger partial charge in [0, 0.05) is 12.3 Å². The lowest BCUT2D eigenvalue weighted by Crippen LogP contribution is -2.15. The van der Waals surface area contributed by atoms with Crippen molar-refractivity contribution in [3.8, 4) is 5.75 Å². The molecule has 0 bridgehead atoms. The molecule has 0 saturated carbocycles. The zero-order chi connectivity index (χ0) is 13.5. The third-order valence-electron chi connectivity index (χ3n) is 2.64. The fourth-order valence-corrected chi connectivity index (χ4v) is 1.56. The zero-order valence-corrected chi connectivity index (χ0v) is 11.2. The minimum absolute atomic E-state index is 0.0701. The first-order valence-electron chi connectivity index (χ1n) is 6.22. The van der Waals surface area contributed by atoms with E-state index < -0.39 is 0 Å². The Labute approximate surface area is 108 Å². The molecule has 0 fully saturated rings. The quantitative estimate of drug-likeness (QED) is 0.603. The van der Waals surface area contributed by atoms with E-state index in [0.717, 1.165) is 23.2 Å². The van der Waals surface area contributed by atoms with Gasteiger partial charge < -0.3 is 15.2 Å². The van der Waals surface area contributed by atoms with Gasteiger partial charge >= 0.3 is 0 Å². The molecule has 1 amide bonds. The number of nitrogens with one attached hydrogen (secondary N) is 1. The van der Waals surface area contributed by atoms with Gasteiger partial charge in [0.1, 0.15) is 5.75 Å². The first-order valence-corrected chi connectivity index (χ1v) is 6.22. The number of rotatable bonds is 6. The van der Waals surface area contributed by atoms with Crippen molar-refractivity contribution in [2.45, 2.75) is 33.6 Å². The largest absolute Gasteiger partial charge is 0.508 e. The monoisotopic (exact) mass is 251 g/mol. The number of hydrogen-bond acceptors (Lipinski definition) is 3. The summed E-state index contributed by atoms with van der Waals surface area (Å²) in [5.74, 6) is 0.177. The molecule has 0 radical (unpaired) electrons. The molecule has 4 nitrogen and oxygen atoms in total. The lowest BCUT2D eigenvalue weighted by Gasteiger charge is -2.10. The fraction of sp³-hybridized carbons (Fsp3) is 0.500. The Bertz CT molecular complexity index is 416. The topological polar surface area (TPSA) is 58.6 Å². The highest BCUT2D eigenvalue weighted by Gasteiger charge is 2.07. The zero-order valence-electron chi connectivity index (χ0n) is 11.2. The van der Waals surface area contributed by atoms with E-state index in [1.807, 2.05) is 13.8 Å². The highest BCUT2D eigenvalue weighted by atomic mass is 16.5. The molecule has 4 heteroatoms. The molecule has 0 aliphatic rings. The summed E-state index contributed by atoms with van der Waals surface area (Å²) >= 11 is 0. The molecule has 0 aromatic heterocycles. The Morgan fingerprint density at radius 2 is 2.00 bits per heavy atom. The van der Waals surface area contributed by atoms with Crippen LogP contribution < -0.4 is 5.32 Å². The fourth-order valence-electron chi connectivity index (χ4n) is 1.56. The lowest BCUT2D eigenvalue weighted by atomic mass is 10.1. The molecule has 18 heavy (non-hydrogen) atoms. The number of carbonyl (C=O) groups excluding carboxylic acids is 1. The van der Waals surface area contributed by atoms with E-state index >= 15 is 0 Å². The van der Waals surface area contributed by atoms with Crippen LogP contribution in [-0.2, 0) is 9.53 Å². The molecular formula is C14H21NO3. The van der Waals surface area contributed by atoms with Crippen molar-refractivity contribution in [1.82, 2.24) is 0 Å². The third-order valence-corrected chi connectivity index (χ3v) is 2.64. The predicted octanol–water partition coefficient (Wildman–Crippen LogP) is 2.76. The summed E-state index contributed by atoms with van der Waals surface area (Å²) in [7, 11) is 0. The summed E-state index contributed by atoms with van der Waals surface area (Å²) in [6, 6.07) is 3.42. The molecular weight excluding hydrogens is 230 g/mol. The highest BCUT2D eigenvalue weighted by molar-refractivity contribution is 5.91. The molecule has 0 saturated heterocycles. The molecule has 0 spiro atoms. The minimum Gasteiger partial charge on any atom is -0.508 e. The van der Waals surface area contributed by atoms with Crippen LogP contribution in [0.1, 0.15) is 30.9 Å². The highest BCUT2D eigenvalue weighted by Crippen LogP contribution is 2.24. The van der Waals surface area contributed by atoms with Gasteiger partial charge in [-0.3, -0.25) is 4.79 Å². The molecule has 0 heterocycles. The van der Waals surface area contributed by atoms with Gasteiger partial charge in [-0.1, -0.05) is 6.92 Å². The second-order valence-corrected chi connectivity index (χ2v) is 4.36. The van der Waals surface area contributed by atoms with Gasteiger partial charge in [0.05, 0.1) is 13.0 Å². The second-order valence-electron chi connectivity index (χ2n) is 4.36. The van der Waals surface area contributed by atoms with Gasteiger partial charge in [-0.2, -0.15) is 0 Å². The van der Waals surface area contributed by atoms with Gasteiger partial charge in [0.2, 0.25) is 5.91 Å². The van der Waals surface area contributed by atoms with Gasteiger partial charge in [-0.15, -0.1) is 0 Å². The van der Waals surface area contributed by atoms with Crippen LogP contribution in [0.2, 0.25) is 0 Å². The van der Waals surface area contributed by atoms with E-state index in [0.29, 0.717) is 19.6 Å². The minimum atomic E-state index is -0.0701. The number of aromatic hydroxyl groups is 1. The van der Waals surface area contributed by atoms with E-state index in [1.165, 1.54) is 0 Å². The average Bonchev–Trinajstić information content (AvgIpc) is 2.32. The summed E-state index contributed by atoms with van der Waals surface area (Å²) in [5.41, 5.74) is 2.34. The molecule has 0 unspecified atom stereocenters. The first-order chi connectivity index (χ1) is 8.54. The molecule has 100 valence electrons. The Morgan fingerprint density at radius 3 is 2.67 bits per heavy atom. The van der Waals surface area contributed by atoms with Crippen molar-refractivity contribution in [3.63, 3.8) is 0 Å². The Hall–Kier alpha value is -1.55. The van der Waals surface area contributed by atoms with Crippen LogP contribution in [0.15, 0.2) is 12.1 Å². The Balaban J connectivity index is 2.51. The van der Waals surface area contributed by atoms with Crippen LogP contribution in [0.25, 0.3) is 0 Å². The standard InChI is InChI=1S/C14H21NO3/c1-4-6-18-7-5-14(17)15-12-8-11(3)13(16)9-10(12)2/h8-9,16H,4-7H2,1-3H3,(H,15,17). The number of hydrogen-bond donors (Lipinski definition) is 2. The summed E-state index contributed by atoms with van der Waals surface area (Å²) in [4.78, 5) is 11.7. The van der Waals surface area contributed by atoms with Crippen LogP contribution in [0.4, 0.5) is 5.69 Å². The van der Waals surface area contributed by atoms with Crippen molar-refractivity contribution in [1.29, 1.82) is 0 Å². The van der Waals surface area contributed by atoms with Crippen molar-refractivity contribution >= 4 is 11.6 Å². The van der Waals surface area contributed by atoms with Crippen LogP contribution >= 0.6 is 0 Å². The number of aryl methyl sites for hydroxylation is 2. The van der Waals surface area contributed by atoms with E-state index in [1.54, 1.807) is 19.1 Å². The number of phenols is 1. The molecule has 0 aliphatic heterocycles. The lowest BCUT2D eigenvalue weighted by molar-refractivity contribution is -0.117. The normalized spacial score (nSPS) is 10.4. The summed E-state index contributed by atoms with van der Waals surface area (Å²) in [6.45, 7) is 6.81. The maximum atomic E-state index is 11.7. The Morgan fingerprint density at radius 1 is 1.28 bits per heavy atom. The maximum absolute atomic E-state index is 11.7. The van der Waals surface area contributed by atoms with Gasteiger partial charge in [0.25, 0.3) is 0 Å². The van der Waals surface area contributed by atoms with Crippen LogP contribution in [0.3, 0.4) is 0 Å². The van der Waals surface area contributed by atoms with Crippen LogP contribution in [0, 0.1) is 13.8 Å². The van der Waals surface area contributed by atoms with E-state index in [2.05, 4.69) is 5.32 Å². The predicted molar refractivity (Wildman–Crippen MR) is 71.9 cm³/mol. The number of benzene rings is 1. The molecule has 1 aromatic rings. The van der Waals surface area contributed by atoms with Crippen molar-refractivity contribution in [3.05, 3.63) is 23.3 Å². The van der Waals surface area contributed by atoms with Gasteiger partial charge in [0.15, 0.2) is 0 Å². The molecule has 2 N–H and O–H groups in total. The van der Waals surface area contributed by atoms with Crippen molar-refractivity contribution in [2.24, 2.45) is 0 Å². The SMILES string of the molecule is CCCOCCC(=O)Nc1cc(C)c(O)cc1C. The number of ether oxygens (including phenoxy) is 1. The average molecular weight is 251 g/mol. The third kappa shape index (κ3) is 4.37. The Kier molecular flexibility index (Phi) is 5.65. The number of carbonyl (C=O) groups is 1. The first kappa shape index (κ1) is 14.5. The maximum Gasteiger partial charge on any atom is 0.226 e. The molecule has 1 rings (SSSR count). The molecule has 1 aromatic carbocycles. The van der Waals surface area contributed by atoms with Crippen LogP contribution in [-0.4, -0.2) is 24.2 Å². The van der Waals surface area contributed by atoms with E-state index in [4.69, 9.17) is 4.74 Å². The summed E-state index contributed by atoms with van der Waals surface area (Å²) in [6.07, 6.45) is 1.30. The van der Waals surface area contributed by atoms with Crippen molar-refractivity contribution in [2.75, 3.05) is 18.5 Å². The summed E-state index contributed by atoms with van der Waals surface area (Å²) < 4.78 is 5.26. The smallest absolute Gasteiger partial charge is 0.226 e. The van der Waals surface area contributed by atoms with Crippen LogP contribution in [0.5, 0.6) is 5.75 Å². The van der Waals surface area contributed by atoms with Crippen molar-refractivity contribution < 1.29 is 14.6 Å². The van der Waals surface area contributed by atoms with E-state index in [-0.39, 0.29) is 11.7 Å². The number of anilines is 1. The molecule has 0 atom stereocenters. The summed E-state index contributed by atoms with van der Waals surface area (Å²) in [5, 5.41) is 12.4. The number of phenolic OH excluding ortho intramolecular Hbond substituents is 1. The van der Waals surface area contributed by atoms with Gasteiger partial charge in [-0.05, 0) is 43.5 Å².